The maximum absolute atomic E-state index is 9.10. The van der Waals surface area contributed by atoms with E-state index in [2.05, 4.69) is 89.6 Å². The van der Waals surface area contributed by atoms with Gasteiger partial charge in [0.1, 0.15) is 0 Å². The van der Waals surface area contributed by atoms with E-state index < -0.39 is 11.9 Å². The summed E-state index contributed by atoms with van der Waals surface area (Å²) in [6.07, 6.45) is 1.17. The third-order valence-corrected chi connectivity index (χ3v) is 4.81. The molecule has 30 heavy (non-hydrogen) atoms. The second-order valence-electron chi connectivity index (χ2n) is 7.51. The number of anilines is 2. The van der Waals surface area contributed by atoms with E-state index in [1.54, 1.807) is 0 Å². The number of nitrogens with one attached hydrogen (secondary N) is 1. The monoisotopic (exact) mass is 413 g/mol. The maximum Gasteiger partial charge on any atom is 0.414 e. The number of para-hydroxylation sites is 2. The highest BCUT2D eigenvalue weighted by molar-refractivity contribution is 6.27. The number of carboxylic acids is 2. The summed E-state index contributed by atoms with van der Waals surface area (Å²) in [6, 6.07) is 22.6. The van der Waals surface area contributed by atoms with Gasteiger partial charge in [0, 0.05) is 43.1 Å². The molecule has 0 aromatic heterocycles. The molecule has 0 saturated carbocycles. The Morgan fingerprint density at radius 1 is 0.900 bits per heavy atom. The lowest BCUT2D eigenvalue weighted by molar-refractivity contribution is -0.159. The molecule has 7 heteroatoms. The Bertz CT molecular complexity index is 724. The van der Waals surface area contributed by atoms with E-state index in [1.165, 1.54) is 17.8 Å². The van der Waals surface area contributed by atoms with Crippen LogP contribution in [0.15, 0.2) is 60.7 Å². The minimum Gasteiger partial charge on any atom is -0.473 e. The van der Waals surface area contributed by atoms with Crippen LogP contribution in [0.4, 0.5) is 11.4 Å². The van der Waals surface area contributed by atoms with Gasteiger partial charge < -0.3 is 25.3 Å². The van der Waals surface area contributed by atoms with E-state index in [0.717, 1.165) is 26.2 Å². The van der Waals surface area contributed by atoms with Gasteiger partial charge in [0.15, 0.2) is 0 Å². The molecule has 0 amide bonds. The first-order valence-corrected chi connectivity index (χ1v) is 10.2. The molecule has 0 aliphatic carbocycles. The van der Waals surface area contributed by atoms with Crippen molar-refractivity contribution in [1.82, 2.24) is 10.2 Å². The van der Waals surface area contributed by atoms with Crippen LogP contribution in [0.1, 0.15) is 20.3 Å². The maximum atomic E-state index is 9.10. The molecule has 3 rings (SSSR count). The lowest BCUT2D eigenvalue weighted by atomic mass is 10.1. The van der Waals surface area contributed by atoms with E-state index >= 15 is 0 Å². The molecule has 3 N–H and O–H groups in total. The van der Waals surface area contributed by atoms with Gasteiger partial charge in [0.25, 0.3) is 0 Å². The molecular weight excluding hydrogens is 382 g/mol. The topological polar surface area (TPSA) is 93.1 Å². The molecule has 1 heterocycles. The van der Waals surface area contributed by atoms with Crippen molar-refractivity contribution in [3.05, 3.63) is 60.7 Å². The van der Waals surface area contributed by atoms with Crippen molar-refractivity contribution < 1.29 is 19.8 Å². The molecule has 1 aliphatic heterocycles. The number of rotatable bonds is 6. The predicted molar refractivity (Wildman–Crippen MR) is 118 cm³/mol. The SMILES string of the molecule is C[C@@H]1CN(CCCN(c2ccccc2)c2ccccc2)C[C@H](C)N1.O=C(O)C(=O)O. The highest BCUT2D eigenvalue weighted by atomic mass is 16.4. The third kappa shape index (κ3) is 7.85. The minimum absolute atomic E-state index is 0.591. The van der Waals surface area contributed by atoms with E-state index in [9.17, 15) is 0 Å². The van der Waals surface area contributed by atoms with Crippen molar-refractivity contribution in [3.8, 4) is 0 Å². The summed E-state index contributed by atoms with van der Waals surface area (Å²) in [6.45, 7) is 9.07. The Morgan fingerprint density at radius 2 is 1.33 bits per heavy atom. The Balaban J connectivity index is 0.000000469. The molecule has 2 aromatic rings. The molecular formula is C23H31N3O4. The number of hydrogen-bond acceptors (Lipinski definition) is 5. The van der Waals surface area contributed by atoms with Crippen LogP contribution in [-0.4, -0.2) is 65.3 Å². The molecule has 0 bridgehead atoms. The molecule has 2 atom stereocenters. The highest BCUT2D eigenvalue weighted by Crippen LogP contribution is 2.25. The van der Waals surface area contributed by atoms with Crippen LogP contribution in [-0.2, 0) is 9.59 Å². The van der Waals surface area contributed by atoms with Crippen LogP contribution >= 0.6 is 0 Å². The van der Waals surface area contributed by atoms with Crippen LogP contribution in [0.5, 0.6) is 0 Å². The largest absolute Gasteiger partial charge is 0.473 e. The van der Waals surface area contributed by atoms with Crippen LogP contribution < -0.4 is 10.2 Å². The van der Waals surface area contributed by atoms with Gasteiger partial charge in [-0.3, -0.25) is 0 Å². The average Bonchev–Trinajstić information content (AvgIpc) is 2.72. The Hall–Kier alpha value is -2.90. The summed E-state index contributed by atoms with van der Waals surface area (Å²) in [7, 11) is 0. The summed E-state index contributed by atoms with van der Waals surface area (Å²) in [5.41, 5.74) is 2.54. The van der Waals surface area contributed by atoms with Crippen LogP contribution in [0.3, 0.4) is 0 Å². The Labute approximate surface area is 177 Å². The van der Waals surface area contributed by atoms with Crippen LogP contribution in [0.25, 0.3) is 0 Å². The van der Waals surface area contributed by atoms with Gasteiger partial charge in [-0.2, -0.15) is 0 Å². The average molecular weight is 414 g/mol. The first kappa shape index (κ1) is 23.4. The second kappa shape index (κ2) is 11.9. The molecule has 0 spiro atoms. The summed E-state index contributed by atoms with van der Waals surface area (Å²) in [4.78, 5) is 23.2. The zero-order chi connectivity index (χ0) is 21.9. The zero-order valence-corrected chi connectivity index (χ0v) is 17.6. The number of aliphatic carboxylic acids is 2. The Morgan fingerprint density at radius 3 is 1.73 bits per heavy atom. The number of hydrogen-bond donors (Lipinski definition) is 3. The first-order valence-electron chi connectivity index (χ1n) is 10.2. The van der Waals surface area contributed by atoms with Gasteiger partial charge in [0.2, 0.25) is 0 Å². The van der Waals surface area contributed by atoms with Gasteiger partial charge in [-0.15, -0.1) is 0 Å². The minimum atomic E-state index is -1.82. The van der Waals surface area contributed by atoms with Gasteiger partial charge in [-0.05, 0) is 51.1 Å². The van der Waals surface area contributed by atoms with Crippen molar-refractivity contribution in [1.29, 1.82) is 0 Å². The summed E-state index contributed by atoms with van der Waals surface area (Å²) >= 11 is 0. The van der Waals surface area contributed by atoms with Crippen molar-refractivity contribution in [2.75, 3.05) is 31.1 Å². The lowest BCUT2D eigenvalue weighted by Gasteiger charge is -2.36. The number of carbonyl (C=O) groups is 2. The van der Waals surface area contributed by atoms with Gasteiger partial charge in [-0.25, -0.2) is 9.59 Å². The number of nitrogens with zero attached hydrogens (tertiary/aromatic N) is 2. The number of piperazine rings is 1. The lowest BCUT2D eigenvalue weighted by Crippen LogP contribution is -2.54. The van der Waals surface area contributed by atoms with E-state index in [1.807, 2.05) is 0 Å². The van der Waals surface area contributed by atoms with Gasteiger partial charge in [0.05, 0.1) is 0 Å². The van der Waals surface area contributed by atoms with Gasteiger partial charge in [-0.1, -0.05) is 36.4 Å². The fourth-order valence-electron chi connectivity index (χ4n) is 3.70. The van der Waals surface area contributed by atoms with E-state index in [4.69, 9.17) is 19.8 Å². The molecule has 0 radical (unpaired) electrons. The molecule has 7 nitrogen and oxygen atoms in total. The normalized spacial score (nSPS) is 18.7. The molecule has 1 aliphatic rings. The fraction of sp³-hybridized carbons (Fsp3) is 0.391. The van der Waals surface area contributed by atoms with Crippen molar-refractivity contribution in [2.45, 2.75) is 32.4 Å². The molecule has 1 saturated heterocycles. The fourth-order valence-corrected chi connectivity index (χ4v) is 3.70. The van der Waals surface area contributed by atoms with E-state index in [0.29, 0.717) is 12.1 Å². The summed E-state index contributed by atoms with van der Waals surface area (Å²) in [5.74, 6) is -3.65. The van der Waals surface area contributed by atoms with Crippen molar-refractivity contribution in [3.63, 3.8) is 0 Å². The first-order chi connectivity index (χ1) is 14.4. The number of carboxylic acid groups (broad SMARTS) is 2. The molecule has 162 valence electrons. The van der Waals surface area contributed by atoms with E-state index in [-0.39, 0.29) is 0 Å². The molecule has 0 unspecified atom stereocenters. The van der Waals surface area contributed by atoms with Crippen molar-refractivity contribution >= 4 is 23.3 Å². The molecule has 1 fully saturated rings. The second-order valence-corrected chi connectivity index (χ2v) is 7.51. The Kier molecular flexibility index (Phi) is 9.31. The van der Waals surface area contributed by atoms with Crippen molar-refractivity contribution in [2.24, 2.45) is 0 Å². The standard InChI is InChI=1S/C21H29N3.C2H2O4/c1-18-16-23(17-19(2)22-18)14-9-15-24(20-10-5-3-6-11-20)21-12-7-4-8-13-21;3-1(4)2(5)6/h3-8,10-13,18-19,22H,9,14-17H2,1-2H3;(H,3,4)(H,5,6)/t18-,19+;. The smallest absolute Gasteiger partial charge is 0.414 e. The zero-order valence-electron chi connectivity index (χ0n) is 17.6. The predicted octanol–water partition coefficient (Wildman–Crippen LogP) is 3.05. The van der Waals surface area contributed by atoms with Crippen LogP contribution in [0, 0.1) is 0 Å². The third-order valence-electron chi connectivity index (χ3n) is 4.81. The summed E-state index contributed by atoms with van der Waals surface area (Å²) in [5, 5.41) is 18.4. The van der Waals surface area contributed by atoms with Gasteiger partial charge >= 0.3 is 11.9 Å². The van der Waals surface area contributed by atoms with Crippen LogP contribution in [0.2, 0.25) is 0 Å². The summed E-state index contributed by atoms with van der Waals surface area (Å²) < 4.78 is 0. The quantitative estimate of drug-likeness (QED) is 0.627. The number of benzene rings is 2. The molecule has 2 aromatic carbocycles. The highest BCUT2D eigenvalue weighted by Gasteiger charge is 2.20.